The molecule has 0 aromatic heterocycles. The summed E-state index contributed by atoms with van der Waals surface area (Å²) in [6, 6.07) is 10.3. The Morgan fingerprint density at radius 2 is 1.57 bits per heavy atom. The minimum absolute atomic E-state index is 0.0378. The average molecular weight is 613 g/mol. The summed E-state index contributed by atoms with van der Waals surface area (Å²) in [5.41, 5.74) is 1.17. The number of para-hydroxylation sites is 1. The number of hydrogen-bond acceptors (Lipinski definition) is 9. The third kappa shape index (κ3) is 6.44. The van der Waals surface area contributed by atoms with Crippen molar-refractivity contribution in [2.45, 2.75) is 62.9 Å². The van der Waals surface area contributed by atoms with E-state index in [0.29, 0.717) is 44.3 Å². The molecule has 4 aliphatic carbocycles. The first-order chi connectivity index (χ1) is 21.5. The standard InChI is InChI=1S/C33H48N4O7/c38-30(34-9-10-35-15-18-40-19-16-35)6-7-32(42-33(44-43-32)27-21-25-20-26(23-27)24-28(33)22-25)8-17-41-31(39)37-13-11-36(12-14-37)29-4-2-1-3-5-29/h1-5,25-28H,6-24H2,(H,34,38). The van der Waals surface area contributed by atoms with Gasteiger partial charge in [0.1, 0.15) is 0 Å². The van der Waals surface area contributed by atoms with Gasteiger partial charge in [-0.15, -0.1) is 0 Å². The van der Waals surface area contributed by atoms with Gasteiger partial charge < -0.3 is 29.3 Å². The average Bonchev–Trinajstić information content (AvgIpc) is 3.44. The van der Waals surface area contributed by atoms with E-state index in [4.69, 9.17) is 24.0 Å². The molecule has 3 saturated heterocycles. The van der Waals surface area contributed by atoms with Crippen LogP contribution in [0.15, 0.2) is 30.3 Å². The zero-order chi connectivity index (χ0) is 30.0. The Morgan fingerprint density at radius 1 is 0.864 bits per heavy atom. The van der Waals surface area contributed by atoms with Crippen molar-refractivity contribution in [2.75, 3.05) is 77.1 Å². The van der Waals surface area contributed by atoms with Gasteiger partial charge in [0.15, 0.2) is 0 Å². The second-order valence-corrected chi connectivity index (χ2v) is 13.7. The summed E-state index contributed by atoms with van der Waals surface area (Å²) in [5.74, 6) is 0.222. The summed E-state index contributed by atoms with van der Waals surface area (Å²) < 4.78 is 18.1. The molecule has 242 valence electrons. The second kappa shape index (κ2) is 13.1. The Bertz CT molecular complexity index is 1110. The van der Waals surface area contributed by atoms with Crippen LogP contribution in [0.25, 0.3) is 0 Å². The van der Waals surface area contributed by atoms with Gasteiger partial charge in [0.05, 0.1) is 19.8 Å². The maximum atomic E-state index is 13.0. The normalized spacial score (nSPS) is 34.9. The molecule has 11 heteroatoms. The summed E-state index contributed by atoms with van der Waals surface area (Å²) in [4.78, 5) is 44.6. The SMILES string of the molecule is O=C(CCC1(CCOC(=O)N2CCN(c3ccccc3)CC2)OOC2(O1)C1CC3CC(C1)CC2C3)NCCN1CCOCC1. The van der Waals surface area contributed by atoms with Crippen molar-refractivity contribution in [1.82, 2.24) is 15.1 Å². The molecule has 3 heterocycles. The number of piperazine rings is 1. The predicted octanol–water partition coefficient (Wildman–Crippen LogP) is 3.39. The molecule has 8 rings (SSSR count). The fourth-order valence-corrected chi connectivity index (χ4v) is 8.66. The van der Waals surface area contributed by atoms with Crippen LogP contribution in [0.2, 0.25) is 0 Å². The first-order valence-electron chi connectivity index (χ1n) is 16.9. The van der Waals surface area contributed by atoms with Gasteiger partial charge in [0.25, 0.3) is 0 Å². The molecule has 1 N–H and O–H groups in total. The molecule has 1 aromatic rings. The van der Waals surface area contributed by atoms with Crippen LogP contribution < -0.4 is 10.2 Å². The molecule has 3 aliphatic heterocycles. The minimum Gasteiger partial charge on any atom is -0.449 e. The molecule has 7 fully saturated rings. The Morgan fingerprint density at radius 3 is 2.27 bits per heavy atom. The van der Waals surface area contributed by atoms with E-state index in [2.05, 4.69) is 27.2 Å². The predicted molar refractivity (Wildman–Crippen MR) is 161 cm³/mol. The molecule has 1 unspecified atom stereocenters. The van der Waals surface area contributed by atoms with E-state index in [1.165, 1.54) is 12.1 Å². The van der Waals surface area contributed by atoms with Gasteiger partial charge in [-0.3, -0.25) is 9.69 Å². The van der Waals surface area contributed by atoms with E-state index >= 15 is 0 Å². The molecule has 1 spiro atoms. The van der Waals surface area contributed by atoms with Crippen LogP contribution in [0.4, 0.5) is 10.5 Å². The van der Waals surface area contributed by atoms with E-state index in [1.807, 2.05) is 18.2 Å². The third-order valence-electron chi connectivity index (χ3n) is 10.9. The van der Waals surface area contributed by atoms with E-state index in [-0.39, 0.29) is 25.0 Å². The third-order valence-corrected chi connectivity index (χ3v) is 10.9. The summed E-state index contributed by atoms with van der Waals surface area (Å²) in [6.45, 7) is 7.54. The highest BCUT2D eigenvalue weighted by atomic mass is 17.3. The molecule has 11 nitrogen and oxygen atoms in total. The fourth-order valence-electron chi connectivity index (χ4n) is 8.66. The zero-order valence-corrected chi connectivity index (χ0v) is 25.8. The molecule has 1 aromatic carbocycles. The first-order valence-corrected chi connectivity index (χ1v) is 16.9. The highest BCUT2D eigenvalue weighted by molar-refractivity contribution is 5.75. The highest BCUT2D eigenvalue weighted by Gasteiger charge is 2.66. The Balaban J connectivity index is 0.936. The number of hydrogen-bond donors (Lipinski definition) is 1. The number of carbonyl (C=O) groups excluding carboxylic acids is 2. The monoisotopic (exact) mass is 612 g/mol. The van der Waals surface area contributed by atoms with Gasteiger partial charge in [-0.25, -0.2) is 4.79 Å². The van der Waals surface area contributed by atoms with Crippen LogP contribution in [0.3, 0.4) is 0 Å². The van der Waals surface area contributed by atoms with Crippen LogP contribution >= 0.6 is 0 Å². The summed E-state index contributed by atoms with van der Waals surface area (Å²) >= 11 is 0. The van der Waals surface area contributed by atoms with Gasteiger partial charge in [-0.05, 0) is 56.1 Å². The maximum Gasteiger partial charge on any atom is 0.409 e. The van der Waals surface area contributed by atoms with Gasteiger partial charge in [-0.2, -0.15) is 9.78 Å². The minimum atomic E-state index is -1.12. The molecule has 4 bridgehead atoms. The van der Waals surface area contributed by atoms with Crippen molar-refractivity contribution in [3.63, 3.8) is 0 Å². The van der Waals surface area contributed by atoms with Gasteiger partial charge in [-0.1, -0.05) is 18.2 Å². The van der Waals surface area contributed by atoms with E-state index < -0.39 is 11.6 Å². The molecular formula is C33H48N4O7. The van der Waals surface area contributed by atoms with Crippen molar-refractivity contribution >= 4 is 17.7 Å². The van der Waals surface area contributed by atoms with Crippen LogP contribution in [-0.2, 0) is 28.8 Å². The highest BCUT2D eigenvalue weighted by Crippen LogP contribution is 2.63. The number of anilines is 1. The van der Waals surface area contributed by atoms with E-state index in [1.54, 1.807) is 4.90 Å². The molecule has 2 amide bonds. The summed E-state index contributed by atoms with van der Waals surface area (Å²) in [5, 5.41) is 3.06. The van der Waals surface area contributed by atoms with Crippen LogP contribution in [-0.4, -0.2) is 106 Å². The van der Waals surface area contributed by atoms with E-state index in [0.717, 1.165) is 83.5 Å². The van der Waals surface area contributed by atoms with Crippen molar-refractivity contribution < 1.29 is 33.6 Å². The van der Waals surface area contributed by atoms with E-state index in [9.17, 15) is 9.59 Å². The maximum absolute atomic E-state index is 13.0. The quantitative estimate of drug-likeness (QED) is 0.399. The smallest absolute Gasteiger partial charge is 0.409 e. The number of amides is 2. The van der Waals surface area contributed by atoms with Crippen molar-refractivity contribution in [1.29, 1.82) is 0 Å². The molecule has 4 saturated carbocycles. The molecule has 44 heavy (non-hydrogen) atoms. The summed E-state index contributed by atoms with van der Waals surface area (Å²) in [6.07, 6.45) is 6.36. The van der Waals surface area contributed by atoms with Crippen LogP contribution in [0.1, 0.15) is 51.4 Å². The van der Waals surface area contributed by atoms with Gasteiger partial charge in [0, 0.05) is 89.1 Å². The van der Waals surface area contributed by atoms with Crippen molar-refractivity contribution in [3.8, 4) is 0 Å². The number of ether oxygens (including phenoxy) is 3. The Kier molecular flexibility index (Phi) is 9.01. The number of nitrogens with one attached hydrogen (secondary N) is 1. The summed E-state index contributed by atoms with van der Waals surface area (Å²) in [7, 11) is 0. The number of rotatable bonds is 10. The number of nitrogens with zero attached hydrogens (tertiary/aromatic N) is 3. The first kappa shape index (κ1) is 30.2. The lowest BCUT2D eigenvalue weighted by Gasteiger charge is -2.57. The number of morpholine rings is 1. The Labute approximate surface area is 260 Å². The van der Waals surface area contributed by atoms with Gasteiger partial charge >= 0.3 is 6.09 Å². The largest absolute Gasteiger partial charge is 0.449 e. The zero-order valence-electron chi connectivity index (χ0n) is 25.8. The molecule has 7 aliphatic rings. The number of carbonyl (C=O) groups is 2. The van der Waals surface area contributed by atoms with Crippen LogP contribution in [0.5, 0.6) is 0 Å². The lowest BCUT2D eigenvalue weighted by molar-refractivity contribution is -0.389. The lowest BCUT2D eigenvalue weighted by atomic mass is 9.53. The van der Waals surface area contributed by atoms with Crippen molar-refractivity contribution in [3.05, 3.63) is 30.3 Å². The molecule has 1 atom stereocenters. The topological polar surface area (TPSA) is 102 Å². The van der Waals surface area contributed by atoms with Crippen molar-refractivity contribution in [2.24, 2.45) is 23.7 Å². The van der Waals surface area contributed by atoms with Crippen LogP contribution in [0, 0.1) is 23.7 Å². The second-order valence-electron chi connectivity index (χ2n) is 13.7. The lowest BCUT2D eigenvalue weighted by Crippen LogP contribution is -2.59. The molecule has 0 radical (unpaired) electrons. The molecular weight excluding hydrogens is 564 g/mol. The number of benzene rings is 1. The van der Waals surface area contributed by atoms with Gasteiger partial charge in [0.2, 0.25) is 17.5 Å². The Hall–Kier alpha value is -2.44. The fraction of sp³-hybridized carbons (Fsp3) is 0.758.